The average molecular weight is 274 g/mol. The van der Waals surface area contributed by atoms with Crippen molar-refractivity contribution in [1.82, 2.24) is 10.3 Å². The van der Waals surface area contributed by atoms with E-state index in [1.165, 1.54) is 0 Å². The molecule has 0 aliphatic carbocycles. The zero-order chi connectivity index (χ0) is 14.7. The molecule has 1 heterocycles. The average Bonchev–Trinajstić information content (AvgIpc) is 2.91. The van der Waals surface area contributed by atoms with Crippen LogP contribution in [-0.2, 0) is 4.79 Å². The standard InChI is InChI=1S/C15H18N2O3/c1-3-9(2)12(15(19)20)17-14(18)11-6-4-5-10-7-8-16-13(10)11/h4-9,12,16H,3H2,1-2H3,(H,17,18)(H,19,20)/t9-,12-/m0/s1. The molecule has 5 nitrogen and oxygen atoms in total. The van der Waals surface area contributed by atoms with Gasteiger partial charge in [0.25, 0.3) is 5.91 Å². The Morgan fingerprint density at radius 1 is 1.35 bits per heavy atom. The van der Waals surface area contributed by atoms with E-state index in [0.717, 1.165) is 10.9 Å². The molecule has 5 heteroatoms. The first kappa shape index (κ1) is 14.1. The fourth-order valence-corrected chi connectivity index (χ4v) is 2.18. The predicted octanol–water partition coefficient (Wildman–Crippen LogP) is 2.40. The lowest BCUT2D eigenvalue weighted by molar-refractivity contribution is -0.140. The zero-order valence-electron chi connectivity index (χ0n) is 11.5. The number of hydrogen-bond donors (Lipinski definition) is 3. The summed E-state index contributed by atoms with van der Waals surface area (Å²) in [4.78, 5) is 26.6. The minimum absolute atomic E-state index is 0.126. The van der Waals surface area contributed by atoms with Gasteiger partial charge in [0, 0.05) is 11.6 Å². The number of carbonyl (C=O) groups excluding carboxylic acids is 1. The number of fused-ring (bicyclic) bond motifs is 1. The Hall–Kier alpha value is -2.30. The molecule has 1 aromatic heterocycles. The van der Waals surface area contributed by atoms with Crippen LogP contribution in [0.3, 0.4) is 0 Å². The molecule has 106 valence electrons. The number of H-pyrrole nitrogens is 1. The number of carboxylic acid groups (broad SMARTS) is 1. The van der Waals surface area contributed by atoms with E-state index in [1.54, 1.807) is 18.3 Å². The molecule has 0 radical (unpaired) electrons. The van der Waals surface area contributed by atoms with Crippen LogP contribution in [0.25, 0.3) is 10.9 Å². The summed E-state index contributed by atoms with van der Waals surface area (Å²) in [5.41, 5.74) is 1.18. The van der Waals surface area contributed by atoms with Gasteiger partial charge in [0.2, 0.25) is 0 Å². The minimum Gasteiger partial charge on any atom is -0.480 e. The van der Waals surface area contributed by atoms with Gasteiger partial charge in [-0.25, -0.2) is 4.79 Å². The second kappa shape index (κ2) is 5.77. The Labute approximate surface area is 117 Å². The molecule has 2 aromatic rings. The number of aliphatic carboxylic acids is 1. The van der Waals surface area contributed by atoms with Gasteiger partial charge in [-0.05, 0) is 18.1 Å². The first-order valence-corrected chi connectivity index (χ1v) is 6.64. The van der Waals surface area contributed by atoms with Crippen LogP contribution in [0.15, 0.2) is 30.5 Å². The van der Waals surface area contributed by atoms with Gasteiger partial charge in [-0.1, -0.05) is 32.4 Å². The molecule has 20 heavy (non-hydrogen) atoms. The molecule has 0 bridgehead atoms. The molecule has 2 atom stereocenters. The third-order valence-corrected chi connectivity index (χ3v) is 3.60. The SMILES string of the molecule is CC[C@H](C)[C@H](NC(=O)c1cccc2cc[nH]c12)C(=O)O. The smallest absolute Gasteiger partial charge is 0.326 e. The van der Waals surface area contributed by atoms with Crippen molar-refractivity contribution in [3.8, 4) is 0 Å². The van der Waals surface area contributed by atoms with Crippen molar-refractivity contribution in [2.75, 3.05) is 0 Å². The number of para-hydroxylation sites is 1. The zero-order valence-corrected chi connectivity index (χ0v) is 11.5. The molecule has 1 aromatic carbocycles. The molecule has 3 N–H and O–H groups in total. The molecule has 0 aliphatic rings. The number of rotatable bonds is 5. The number of carbonyl (C=O) groups is 2. The number of amides is 1. The molecule has 0 saturated carbocycles. The maximum absolute atomic E-state index is 12.3. The highest BCUT2D eigenvalue weighted by Crippen LogP contribution is 2.17. The van der Waals surface area contributed by atoms with E-state index in [4.69, 9.17) is 0 Å². The molecule has 0 saturated heterocycles. The van der Waals surface area contributed by atoms with E-state index in [-0.39, 0.29) is 11.8 Å². The monoisotopic (exact) mass is 274 g/mol. The number of nitrogens with one attached hydrogen (secondary N) is 2. The summed E-state index contributed by atoms with van der Waals surface area (Å²) < 4.78 is 0. The van der Waals surface area contributed by atoms with Crippen LogP contribution >= 0.6 is 0 Å². The maximum atomic E-state index is 12.3. The van der Waals surface area contributed by atoms with Gasteiger partial charge < -0.3 is 15.4 Å². The second-order valence-electron chi connectivity index (χ2n) is 4.92. The summed E-state index contributed by atoms with van der Waals surface area (Å²) in [5.74, 6) is -1.50. The van der Waals surface area contributed by atoms with Gasteiger partial charge in [0.05, 0.1) is 11.1 Å². The minimum atomic E-state index is -1.01. The number of hydrogen-bond acceptors (Lipinski definition) is 2. The van der Waals surface area contributed by atoms with Crippen LogP contribution in [0.2, 0.25) is 0 Å². The molecule has 0 spiro atoms. The van der Waals surface area contributed by atoms with E-state index in [1.807, 2.05) is 26.0 Å². The van der Waals surface area contributed by atoms with Gasteiger partial charge in [0.15, 0.2) is 0 Å². The quantitative estimate of drug-likeness (QED) is 0.783. The van der Waals surface area contributed by atoms with Crippen molar-refractivity contribution >= 4 is 22.8 Å². The first-order chi connectivity index (χ1) is 9.54. The Morgan fingerprint density at radius 2 is 2.10 bits per heavy atom. The topological polar surface area (TPSA) is 82.2 Å². The summed E-state index contributed by atoms with van der Waals surface area (Å²) in [6.07, 6.45) is 2.44. The highest BCUT2D eigenvalue weighted by Gasteiger charge is 2.26. The largest absolute Gasteiger partial charge is 0.480 e. The van der Waals surface area contributed by atoms with Crippen molar-refractivity contribution in [2.45, 2.75) is 26.3 Å². The molecule has 0 aliphatic heterocycles. The summed E-state index contributed by atoms with van der Waals surface area (Å²) >= 11 is 0. The van der Waals surface area contributed by atoms with Crippen molar-refractivity contribution in [3.05, 3.63) is 36.0 Å². The van der Waals surface area contributed by atoms with Gasteiger partial charge >= 0.3 is 5.97 Å². The van der Waals surface area contributed by atoms with Crippen LogP contribution in [0, 0.1) is 5.92 Å². The summed E-state index contributed by atoms with van der Waals surface area (Å²) in [7, 11) is 0. The van der Waals surface area contributed by atoms with Crippen molar-refractivity contribution in [2.24, 2.45) is 5.92 Å². The Morgan fingerprint density at radius 3 is 2.75 bits per heavy atom. The number of carboxylic acids is 1. The second-order valence-corrected chi connectivity index (χ2v) is 4.92. The lowest BCUT2D eigenvalue weighted by Crippen LogP contribution is -2.45. The van der Waals surface area contributed by atoms with E-state index >= 15 is 0 Å². The lowest BCUT2D eigenvalue weighted by atomic mass is 9.98. The van der Waals surface area contributed by atoms with Crippen LogP contribution in [0.4, 0.5) is 0 Å². The van der Waals surface area contributed by atoms with E-state index in [2.05, 4.69) is 10.3 Å². The van der Waals surface area contributed by atoms with Gasteiger partial charge in [-0.3, -0.25) is 4.79 Å². The fourth-order valence-electron chi connectivity index (χ4n) is 2.18. The van der Waals surface area contributed by atoms with Gasteiger partial charge in [0.1, 0.15) is 6.04 Å². The molecular weight excluding hydrogens is 256 g/mol. The van der Waals surface area contributed by atoms with E-state index in [9.17, 15) is 14.7 Å². The van der Waals surface area contributed by atoms with Crippen LogP contribution in [-0.4, -0.2) is 28.0 Å². The molecule has 0 unspecified atom stereocenters. The Kier molecular flexibility index (Phi) is 4.08. The fraction of sp³-hybridized carbons (Fsp3) is 0.333. The van der Waals surface area contributed by atoms with Crippen LogP contribution in [0.1, 0.15) is 30.6 Å². The molecule has 1 amide bonds. The van der Waals surface area contributed by atoms with Crippen LogP contribution in [0.5, 0.6) is 0 Å². The Bertz CT molecular complexity index is 633. The maximum Gasteiger partial charge on any atom is 0.326 e. The van der Waals surface area contributed by atoms with Crippen molar-refractivity contribution in [1.29, 1.82) is 0 Å². The summed E-state index contributed by atoms with van der Waals surface area (Å²) in [6.45, 7) is 3.72. The molecular formula is C15H18N2O3. The lowest BCUT2D eigenvalue weighted by Gasteiger charge is -2.20. The third-order valence-electron chi connectivity index (χ3n) is 3.60. The van der Waals surface area contributed by atoms with Crippen molar-refractivity contribution < 1.29 is 14.7 Å². The highest BCUT2D eigenvalue weighted by molar-refractivity contribution is 6.06. The van der Waals surface area contributed by atoms with Crippen LogP contribution < -0.4 is 5.32 Å². The first-order valence-electron chi connectivity index (χ1n) is 6.64. The van der Waals surface area contributed by atoms with Gasteiger partial charge in [-0.15, -0.1) is 0 Å². The predicted molar refractivity (Wildman–Crippen MR) is 76.6 cm³/mol. The number of aromatic nitrogens is 1. The van der Waals surface area contributed by atoms with E-state index in [0.29, 0.717) is 12.0 Å². The summed E-state index contributed by atoms with van der Waals surface area (Å²) in [5, 5.41) is 12.8. The van der Waals surface area contributed by atoms with Crippen molar-refractivity contribution in [3.63, 3.8) is 0 Å². The highest BCUT2D eigenvalue weighted by atomic mass is 16.4. The number of benzene rings is 1. The van der Waals surface area contributed by atoms with Gasteiger partial charge in [-0.2, -0.15) is 0 Å². The normalized spacial score (nSPS) is 13.9. The third kappa shape index (κ3) is 2.66. The molecule has 2 rings (SSSR count). The molecule has 0 fully saturated rings. The number of aromatic amines is 1. The Balaban J connectivity index is 2.27. The summed E-state index contributed by atoms with van der Waals surface area (Å²) in [6, 6.07) is 6.35. The van der Waals surface area contributed by atoms with E-state index < -0.39 is 12.0 Å².